The first-order valence-corrected chi connectivity index (χ1v) is 11.6. The topological polar surface area (TPSA) is 51.1 Å². The highest BCUT2D eigenvalue weighted by molar-refractivity contribution is 7.15. The third-order valence-corrected chi connectivity index (χ3v) is 6.77. The molecule has 3 heterocycles. The highest BCUT2D eigenvalue weighted by atomic mass is 32.1. The molecule has 0 atom stereocenters. The number of hydrogen-bond donors (Lipinski definition) is 0. The number of halogens is 3. The zero-order valence-electron chi connectivity index (χ0n) is 18.3. The van der Waals surface area contributed by atoms with Gasteiger partial charge in [0, 0.05) is 54.5 Å². The number of rotatable bonds is 5. The van der Waals surface area contributed by atoms with E-state index >= 15 is 0 Å². The average Bonchev–Trinajstić information content (AvgIpc) is 3.31. The van der Waals surface area contributed by atoms with Gasteiger partial charge in [0.1, 0.15) is 10.8 Å². The van der Waals surface area contributed by atoms with E-state index in [4.69, 9.17) is 4.74 Å². The summed E-state index contributed by atoms with van der Waals surface area (Å²) in [4.78, 5) is 17.1. The van der Waals surface area contributed by atoms with Gasteiger partial charge in [-0.3, -0.25) is 4.90 Å². The predicted molar refractivity (Wildman–Crippen MR) is 124 cm³/mol. The lowest BCUT2D eigenvalue weighted by molar-refractivity contribution is -0.137. The molecule has 0 unspecified atom stereocenters. The van der Waals surface area contributed by atoms with E-state index < -0.39 is 11.7 Å². The Hall–Kier alpha value is -3.30. The fourth-order valence-corrected chi connectivity index (χ4v) is 4.99. The van der Waals surface area contributed by atoms with Crippen molar-refractivity contribution in [1.29, 1.82) is 0 Å². The van der Waals surface area contributed by atoms with Gasteiger partial charge in [-0.15, -0.1) is 11.3 Å². The maximum absolute atomic E-state index is 12.8. The van der Waals surface area contributed by atoms with E-state index in [9.17, 15) is 13.2 Å². The average molecular weight is 483 g/mol. The number of para-hydroxylation sites is 1. The van der Waals surface area contributed by atoms with Crippen LogP contribution in [0.4, 0.5) is 13.2 Å². The van der Waals surface area contributed by atoms with Crippen LogP contribution in [-0.2, 0) is 25.7 Å². The van der Waals surface area contributed by atoms with Crippen LogP contribution in [0.1, 0.15) is 21.7 Å². The van der Waals surface area contributed by atoms with Gasteiger partial charge in [-0.2, -0.15) is 13.2 Å². The molecule has 0 bridgehead atoms. The van der Waals surface area contributed by atoms with Crippen LogP contribution in [0, 0.1) is 0 Å². The number of hydrogen-bond acceptors (Lipinski definition) is 6. The van der Waals surface area contributed by atoms with Crippen LogP contribution in [-0.4, -0.2) is 33.5 Å². The molecule has 0 amide bonds. The molecule has 34 heavy (non-hydrogen) atoms. The van der Waals surface area contributed by atoms with Gasteiger partial charge >= 0.3 is 6.18 Å². The third-order valence-electron chi connectivity index (χ3n) is 5.75. The van der Waals surface area contributed by atoms with Crippen molar-refractivity contribution < 1.29 is 17.9 Å². The zero-order valence-corrected chi connectivity index (χ0v) is 19.2. The summed E-state index contributed by atoms with van der Waals surface area (Å²) in [7, 11) is 1.66. The molecule has 1 aliphatic heterocycles. The largest absolute Gasteiger partial charge is 0.496 e. The van der Waals surface area contributed by atoms with Crippen molar-refractivity contribution >= 4 is 11.3 Å². The predicted octanol–water partition coefficient (Wildman–Crippen LogP) is 5.85. The van der Waals surface area contributed by atoms with Gasteiger partial charge in [-0.25, -0.2) is 15.0 Å². The Labute approximate surface area is 198 Å². The molecule has 0 N–H and O–H groups in total. The number of benzene rings is 2. The maximum Gasteiger partial charge on any atom is 0.416 e. The molecule has 9 heteroatoms. The lowest BCUT2D eigenvalue weighted by Gasteiger charge is -2.27. The van der Waals surface area contributed by atoms with E-state index in [-0.39, 0.29) is 0 Å². The Kier molecular flexibility index (Phi) is 6.05. The van der Waals surface area contributed by atoms with Crippen molar-refractivity contribution in [3.8, 4) is 27.7 Å². The van der Waals surface area contributed by atoms with E-state index in [1.807, 2.05) is 30.5 Å². The maximum atomic E-state index is 12.8. The minimum atomic E-state index is -4.36. The van der Waals surface area contributed by atoms with Crippen LogP contribution < -0.4 is 4.74 Å². The first-order valence-electron chi connectivity index (χ1n) is 10.7. The Bertz CT molecular complexity index is 1300. The fourth-order valence-electron chi connectivity index (χ4n) is 4.00. The van der Waals surface area contributed by atoms with Crippen molar-refractivity contribution in [3.63, 3.8) is 0 Å². The quantitative estimate of drug-likeness (QED) is 0.357. The summed E-state index contributed by atoms with van der Waals surface area (Å²) >= 11 is 1.65. The van der Waals surface area contributed by atoms with Gasteiger partial charge < -0.3 is 4.74 Å². The number of thiazole rings is 1. The molecule has 2 aromatic heterocycles. The molecule has 0 fully saturated rings. The number of alkyl halides is 3. The zero-order chi connectivity index (χ0) is 23.7. The van der Waals surface area contributed by atoms with Gasteiger partial charge in [0.15, 0.2) is 5.82 Å². The molecule has 5 rings (SSSR count). The minimum absolute atomic E-state index is 0.449. The Balaban J connectivity index is 1.28. The van der Waals surface area contributed by atoms with E-state index in [2.05, 4.69) is 19.9 Å². The van der Waals surface area contributed by atoms with Crippen LogP contribution in [0.3, 0.4) is 0 Å². The summed E-state index contributed by atoms with van der Waals surface area (Å²) in [5, 5.41) is 0.925. The number of aromatic nitrogens is 3. The molecular weight excluding hydrogens is 461 g/mol. The molecule has 0 radical (unpaired) electrons. The lowest BCUT2D eigenvalue weighted by atomic mass is 10.1. The first kappa shape index (κ1) is 22.5. The smallest absolute Gasteiger partial charge is 0.416 e. The highest BCUT2D eigenvalue weighted by Gasteiger charge is 2.30. The standard InChI is InChI=1S/C25H21F3N4OS/c1-33-22-5-3-2-4-20(22)24-30-13-19(34-24)15-32-11-10-21-17(14-32)12-29-23(31-21)16-6-8-18(9-7-16)25(26,27)28/h2-9,12-13H,10-11,14-15H2,1H3. The third kappa shape index (κ3) is 4.67. The number of fused-ring (bicyclic) bond motifs is 1. The molecule has 0 saturated heterocycles. The summed E-state index contributed by atoms with van der Waals surface area (Å²) in [5.74, 6) is 1.25. The fraction of sp³-hybridized carbons (Fsp3) is 0.240. The number of methoxy groups -OCH3 is 1. The van der Waals surface area contributed by atoms with E-state index in [0.29, 0.717) is 17.9 Å². The normalized spacial score (nSPS) is 14.1. The van der Waals surface area contributed by atoms with E-state index in [0.717, 1.165) is 64.1 Å². The Morgan fingerprint density at radius 2 is 1.82 bits per heavy atom. The van der Waals surface area contributed by atoms with Gasteiger partial charge in [0.05, 0.1) is 23.9 Å². The molecule has 2 aromatic carbocycles. The number of ether oxygens (including phenoxy) is 1. The van der Waals surface area contributed by atoms with Crippen LogP contribution in [0.5, 0.6) is 5.75 Å². The van der Waals surface area contributed by atoms with E-state index in [1.165, 1.54) is 12.1 Å². The molecule has 174 valence electrons. The van der Waals surface area contributed by atoms with Crippen LogP contribution in [0.25, 0.3) is 22.0 Å². The van der Waals surface area contributed by atoms with Crippen molar-refractivity contribution in [3.05, 3.63) is 82.6 Å². The summed E-state index contributed by atoms with van der Waals surface area (Å²) in [5.41, 5.74) is 2.86. The van der Waals surface area contributed by atoms with Crippen LogP contribution in [0.2, 0.25) is 0 Å². The first-order chi connectivity index (χ1) is 16.4. The summed E-state index contributed by atoms with van der Waals surface area (Å²) in [6, 6.07) is 12.8. The van der Waals surface area contributed by atoms with Crippen molar-refractivity contribution in [2.24, 2.45) is 0 Å². The van der Waals surface area contributed by atoms with Crippen molar-refractivity contribution in [2.45, 2.75) is 25.7 Å². The molecule has 4 aromatic rings. The molecular formula is C25H21F3N4OS. The SMILES string of the molecule is COc1ccccc1-c1ncc(CN2CCc3nc(-c4ccc(C(F)(F)F)cc4)ncc3C2)s1. The van der Waals surface area contributed by atoms with Gasteiger partial charge in [-0.05, 0) is 24.3 Å². The van der Waals surface area contributed by atoms with Gasteiger partial charge in [-0.1, -0.05) is 24.3 Å². The monoisotopic (exact) mass is 482 g/mol. The van der Waals surface area contributed by atoms with Crippen molar-refractivity contribution in [2.75, 3.05) is 13.7 Å². The minimum Gasteiger partial charge on any atom is -0.496 e. The highest BCUT2D eigenvalue weighted by Crippen LogP contribution is 2.34. The molecule has 0 aliphatic carbocycles. The Morgan fingerprint density at radius 1 is 1.03 bits per heavy atom. The van der Waals surface area contributed by atoms with Gasteiger partial charge in [0.25, 0.3) is 0 Å². The summed E-state index contributed by atoms with van der Waals surface area (Å²) in [6.07, 6.45) is 0.0922. The van der Waals surface area contributed by atoms with Crippen LogP contribution in [0.15, 0.2) is 60.9 Å². The lowest BCUT2D eigenvalue weighted by Crippen LogP contribution is -2.30. The second-order valence-corrected chi connectivity index (χ2v) is 9.15. The number of nitrogens with zero attached hydrogens (tertiary/aromatic N) is 4. The molecule has 0 saturated carbocycles. The van der Waals surface area contributed by atoms with Crippen molar-refractivity contribution in [1.82, 2.24) is 19.9 Å². The summed E-state index contributed by atoms with van der Waals surface area (Å²) < 4.78 is 43.9. The second kappa shape index (κ2) is 9.15. The second-order valence-electron chi connectivity index (χ2n) is 8.03. The van der Waals surface area contributed by atoms with E-state index in [1.54, 1.807) is 24.6 Å². The molecule has 5 nitrogen and oxygen atoms in total. The summed E-state index contributed by atoms with van der Waals surface area (Å²) in [6.45, 7) is 2.32. The molecule has 1 aliphatic rings. The van der Waals surface area contributed by atoms with Crippen LogP contribution >= 0.6 is 11.3 Å². The van der Waals surface area contributed by atoms with Gasteiger partial charge in [0.2, 0.25) is 0 Å². The Morgan fingerprint density at radius 3 is 2.59 bits per heavy atom. The molecule has 0 spiro atoms.